The molecule has 4 nitrogen and oxygen atoms in total. The van der Waals surface area contributed by atoms with Gasteiger partial charge in [-0.2, -0.15) is 0 Å². The fourth-order valence-corrected chi connectivity index (χ4v) is 1.33. The minimum Gasteiger partial charge on any atom is -0.443 e. The van der Waals surface area contributed by atoms with Crippen molar-refractivity contribution in [1.82, 2.24) is 4.90 Å². The van der Waals surface area contributed by atoms with Crippen molar-refractivity contribution in [2.75, 3.05) is 6.54 Å². The fraction of sp³-hybridized carbons (Fsp3) is 0.636. The number of carbonyl (C=O) groups is 2. The Morgan fingerprint density at radius 3 is 2.40 bits per heavy atom. The molecule has 1 aliphatic heterocycles. The SMILES string of the molecule is C=C1C(=O)N(C(=O)OC(C)(C)C)C[C@H]1C. The minimum absolute atomic E-state index is 0.0185. The molecule has 0 aromatic carbocycles. The topological polar surface area (TPSA) is 46.6 Å². The highest BCUT2D eigenvalue weighted by Gasteiger charge is 2.37. The minimum atomic E-state index is -0.585. The Balaban J connectivity index is 2.71. The molecule has 0 aromatic rings. The molecule has 15 heavy (non-hydrogen) atoms. The third-order valence-corrected chi connectivity index (χ3v) is 2.19. The van der Waals surface area contributed by atoms with Gasteiger partial charge in [-0.25, -0.2) is 9.69 Å². The Labute approximate surface area is 89.9 Å². The lowest BCUT2D eigenvalue weighted by Gasteiger charge is -2.23. The van der Waals surface area contributed by atoms with Gasteiger partial charge in [0.25, 0.3) is 5.91 Å². The first kappa shape index (κ1) is 11.8. The van der Waals surface area contributed by atoms with Gasteiger partial charge in [0, 0.05) is 18.0 Å². The van der Waals surface area contributed by atoms with Crippen LogP contribution >= 0.6 is 0 Å². The molecule has 1 saturated heterocycles. The maximum absolute atomic E-state index is 11.6. The van der Waals surface area contributed by atoms with Crippen molar-refractivity contribution in [3.8, 4) is 0 Å². The Bertz CT molecular complexity index is 314. The van der Waals surface area contributed by atoms with Crippen LogP contribution in [0.3, 0.4) is 0 Å². The van der Waals surface area contributed by atoms with Crippen LogP contribution in [0.2, 0.25) is 0 Å². The largest absolute Gasteiger partial charge is 0.443 e. The standard InChI is InChI=1S/C11H17NO3/c1-7-6-12(9(13)8(7)2)10(14)15-11(3,4)5/h7H,2,6H2,1,3-5H3/t7-/m1/s1. The summed E-state index contributed by atoms with van der Waals surface area (Å²) >= 11 is 0. The van der Waals surface area contributed by atoms with Gasteiger partial charge in [-0.05, 0) is 20.8 Å². The average molecular weight is 211 g/mol. The van der Waals surface area contributed by atoms with Crippen LogP contribution in [0.15, 0.2) is 12.2 Å². The summed E-state index contributed by atoms with van der Waals surface area (Å²) in [7, 11) is 0. The molecule has 84 valence electrons. The van der Waals surface area contributed by atoms with E-state index in [-0.39, 0.29) is 11.8 Å². The summed E-state index contributed by atoms with van der Waals surface area (Å²) in [5, 5.41) is 0. The van der Waals surface area contributed by atoms with Crippen LogP contribution in [0.4, 0.5) is 4.79 Å². The van der Waals surface area contributed by atoms with Crippen molar-refractivity contribution < 1.29 is 14.3 Å². The van der Waals surface area contributed by atoms with Crippen LogP contribution in [0.25, 0.3) is 0 Å². The van der Waals surface area contributed by atoms with Gasteiger partial charge in [-0.1, -0.05) is 13.5 Å². The summed E-state index contributed by atoms with van der Waals surface area (Å²) in [5.74, 6) is -0.304. The molecule has 1 aliphatic rings. The van der Waals surface area contributed by atoms with Gasteiger partial charge in [0.15, 0.2) is 0 Å². The van der Waals surface area contributed by atoms with Gasteiger partial charge in [-0.15, -0.1) is 0 Å². The number of carbonyl (C=O) groups excluding carboxylic acids is 2. The Morgan fingerprint density at radius 1 is 1.53 bits per heavy atom. The number of amides is 2. The first-order valence-corrected chi connectivity index (χ1v) is 4.96. The molecule has 1 heterocycles. The second-order valence-electron chi connectivity index (χ2n) is 4.82. The number of imide groups is 1. The highest BCUT2D eigenvalue weighted by molar-refractivity contribution is 6.04. The average Bonchev–Trinajstić information content (AvgIpc) is 2.30. The Morgan fingerprint density at radius 2 is 2.07 bits per heavy atom. The van der Waals surface area contributed by atoms with E-state index >= 15 is 0 Å². The van der Waals surface area contributed by atoms with Crippen LogP contribution in [0.5, 0.6) is 0 Å². The van der Waals surface area contributed by atoms with Crippen LogP contribution in [-0.4, -0.2) is 29.0 Å². The number of hydrogen-bond acceptors (Lipinski definition) is 3. The van der Waals surface area contributed by atoms with Crippen molar-refractivity contribution in [1.29, 1.82) is 0 Å². The monoisotopic (exact) mass is 211 g/mol. The molecule has 0 unspecified atom stereocenters. The third kappa shape index (κ3) is 2.58. The number of likely N-dealkylation sites (tertiary alicyclic amines) is 1. The number of nitrogens with zero attached hydrogens (tertiary/aromatic N) is 1. The maximum Gasteiger partial charge on any atom is 0.417 e. The quantitative estimate of drug-likeness (QED) is 0.575. The zero-order chi connectivity index (χ0) is 11.8. The van der Waals surface area contributed by atoms with E-state index in [1.54, 1.807) is 20.8 Å². The van der Waals surface area contributed by atoms with Crippen molar-refractivity contribution in [2.45, 2.75) is 33.3 Å². The van der Waals surface area contributed by atoms with E-state index in [9.17, 15) is 9.59 Å². The summed E-state index contributed by atoms with van der Waals surface area (Å²) in [6.07, 6.45) is -0.585. The van der Waals surface area contributed by atoms with Gasteiger partial charge in [0.05, 0.1) is 0 Å². The predicted molar refractivity (Wildman–Crippen MR) is 56.3 cm³/mol. The first-order chi connectivity index (χ1) is 6.72. The van der Waals surface area contributed by atoms with E-state index in [2.05, 4.69) is 6.58 Å². The highest BCUT2D eigenvalue weighted by Crippen LogP contribution is 2.23. The zero-order valence-electron chi connectivity index (χ0n) is 9.66. The van der Waals surface area contributed by atoms with Crippen LogP contribution in [-0.2, 0) is 9.53 Å². The number of rotatable bonds is 0. The summed E-state index contributed by atoms with van der Waals surface area (Å²) < 4.78 is 5.11. The molecule has 1 fully saturated rings. The third-order valence-electron chi connectivity index (χ3n) is 2.19. The molecule has 0 N–H and O–H groups in total. The van der Waals surface area contributed by atoms with Gasteiger partial charge in [-0.3, -0.25) is 4.79 Å². The molecule has 1 atom stereocenters. The van der Waals surface area contributed by atoms with E-state index in [0.717, 1.165) is 4.90 Å². The van der Waals surface area contributed by atoms with Gasteiger partial charge in [0.2, 0.25) is 0 Å². The van der Waals surface area contributed by atoms with Crippen molar-refractivity contribution in [3.63, 3.8) is 0 Å². The lowest BCUT2D eigenvalue weighted by atomic mass is 10.1. The van der Waals surface area contributed by atoms with E-state index in [1.807, 2.05) is 6.92 Å². The molecule has 0 aliphatic carbocycles. The smallest absolute Gasteiger partial charge is 0.417 e. The number of ether oxygens (including phenoxy) is 1. The van der Waals surface area contributed by atoms with E-state index < -0.39 is 11.7 Å². The lowest BCUT2D eigenvalue weighted by Crippen LogP contribution is -2.37. The number of hydrogen-bond donors (Lipinski definition) is 0. The zero-order valence-corrected chi connectivity index (χ0v) is 9.66. The fourth-order valence-electron chi connectivity index (χ4n) is 1.33. The normalized spacial score (nSPS) is 22.1. The summed E-state index contributed by atoms with van der Waals surface area (Å²) in [4.78, 5) is 24.3. The summed E-state index contributed by atoms with van der Waals surface area (Å²) in [5.41, 5.74) is -0.106. The molecule has 4 heteroatoms. The van der Waals surface area contributed by atoms with Gasteiger partial charge >= 0.3 is 6.09 Å². The lowest BCUT2D eigenvalue weighted by molar-refractivity contribution is -0.124. The molecule has 0 aromatic heterocycles. The predicted octanol–water partition coefficient (Wildman–Crippen LogP) is 1.96. The van der Waals surface area contributed by atoms with Crippen molar-refractivity contribution in [2.24, 2.45) is 5.92 Å². The second kappa shape index (κ2) is 3.68. The summed E-state index contributed by atoms with van der Waals surface area (Å²) in [6, 6.07) is 0. The Hall–Kier alpha value is -1.32. The molecule has 2 amide bonds. The van der Waals surface area contributed by atoms with E-state index in [1.165, 1.54) is 0 Å². The molecule has 0 bridgehead atoms. The van der Waals surface area contributed by atoms with Crippen LogP contribution in [0.1, 0.15) is 27.7 Å². The van der Waals surface area contributed by atoms with E-state index in [0.29, 0.717) is 12.1 Å². The van der Waals surface area contributed by atoms with Crippen molar-refractivity contribution in [3.05, 3.63) is 12.2 Å². The Kier molecular flexibility index (Phi) is 2.88. The molecule has 0 saturated carbocycles. The van der Waals surface area contributed by atoms with Crippen LogP contribution in [0, 0.1) is 5.92 Å². The molecular formula is C11H17NO3. The van der Waals surface area contributed by atoms with Crippen molar-refractivity contribution >= 4 is 12.0 Å². The molecule has 0 spiro atoms. The maximum atomic E-state index is 11.6. The molecule has 0 radical (unpaired) electrons. The summed E-state index contributed by atoms with van der Waals surface area (Å²) in [6.45, 7) is 11.2. The molecule has 1 rings (SSSR count). The van der Waals surface area contributed by atoms with Crippen LogP contribution < -0.4 is 0 Å². The van der Waals surface area contributed by atoms with Gasteiger partial charge < -0.3 is 4.74 Å². The molecular weight excluding hydrogens is 194 g/mol. The first-order valence-electron chi connectivity index (χ1n) is 4.96. The highest BCUT2D eigenvalue weighted by atomic mass is 16.6. The second-order valence-corrected chi connectivity index (χ2v) is 4.82. The van der Waals surface area contributed by atoms with E-state index in [4.69, 9.17) is 4.74 Å². The van der Waals surface area contributed by atoms with Gasteiger partial charge in [0.1, 0.15) is 5.60 Å².